The van der Waals surface area contributed by atoms with Gasteiger partial charge in [-0.3, -0.25) is 4.90 Å². The van der Waals surface area contributed by atoms with Crippen molar-refractivity contribution >= 4 is 29.7 Å². The van der Waals surface area contributed by atoms with E-state index in [1.807, 2.05) is 33.0 Å². The van der Waals surface area contributed by atoms with Crippen LogP contribution in [0.5, 0.6) is 0 Å². The molecule has 2 aromatic rings. The standard InChI is InChI=1S/C32H47FN6O6/c1-20(2)23-16-34-39-25(15-24(21-9-10-21)35-26(23)39)38(29(42)45-31(6,7)8)22-11-13-36(14-12-22)27(40)43-19-32(33)17-37(18-32)28(41)44-30(3,4)5/h15-16,20-22H,9-14,17-19H2,1-8H3. The van der Waals surface area contributed by atoms with E-state index >= 15 is 4.39 Å². The van der Waals surface area contributed by atoms with Gasteiger partial charge < -0.3 is 24.0 Å². The summed E-state index contributed by atoms with van der Waals surface area (Å²) in [6.45, 7) is 14.7. The third kappa shape index (κ3) is 7.61. The molecule has 0 N–H and O–H groups in total. The molecule has 3 fully saturated rings. The molecular formula is C32H47FN6O6. The van der Waals surface area contributed by atoms with Gasteiger partial charge in [-0.15, -0.1) is 0 Å². The van der Waals surface area contributed by atoms with Crippen LogP contribution in [0.1, 0.15) is 104 Å². The number of alkyl halides is 1. The molecule has 248 valence electrons. The molecule has 0 atom stereocenters. The predicted octanol–water partition coefficient (Wildman–Crippen LogP) is 6.03. The van der Waals surface area contributed by atoms with Gasteiger partial charge in [-0.25, -0.2) is 23.8 Å². The zero-order valence-corrected chi connectivity index (χ0v) is 27.8. The molecule has 13 heteroatoms. The minimum absolute atomic E-state index is 0.197. The average molecular weight is 631 g/mol. The van der Waals surface area contributed by atoms with E-state index in [0.29, 0.717) is 37.7 Å². The molecule has 1 aliphatic carbocycles. The van der Waals surface area contributed by atoms with Crippen molar-refractivity contribution in [3.05, 3.63) is 23.5 Å². The molecular weight excluding hydrogens is 583 g/mol. The van der Waals surface area contributed by atoms with Crippen LogP contribution in [0.3, 0.4) is 0 Å². The van der Waals surface area contributed by atoms with Gasteiger partial charge in [-0.05, 0) is 73.1 Å². The molecule has 0 bridgehead atoms. The van der Waals surface area contributed by atoms with Crippen LogP contribution in [0.4, 0.5) is 24.6 Å². The monoisotopic (exact) mass is 630 g/mol. The number of rotatable bonds is 6. The van der Waals surface area contributed by atoms with Crippen LogP contribution in [0.15, 0.2) is 12.3 Å². The molecule has 0 aromatic carbocycles. The number of piperidine rings is 1. The average Bonchev–Trinajstić information content (AvgIpc) is 3.67. The van der Waals surface area contributed by atoms with Crippen LogP contribution < -0.4 is 4.90 Å². The first-order valence-corrected chi connectivity index (χ1v) is 15.9. The molecule has 5 rings (SSSR count). The van der Waals surface area contributed by atoms with Crippen LogP contribution in [0.2, 0.25) is 0 Å². The Balaban J connectivity index is 1.27. The Morgan fingerprint density at radius 1 is 0.978 bits per heavy atom. The Bertz CT molecular complexity index is 1430. The lowest BCUT2D eigenvalue weighted by Gasteiger charge is -2.44. The van der Waals surface area contributed by atoms with Gasteiger partial charge in [0.05, 0.1) is 19.3 Å². The first-order chi connectivity index (χ1) is 20.9. The van der Waals surface area contributed by atoms with Crippen molar-refractivity contribution in [2.45, 2.75) is 116 Å². The fourth-order valence-electron chi connectivity index (χ4n) is 5.66. The van der Waals surface area contributed by atoms with Gasteiger partial charge in [0, 0.05) is 42.4 Å². The summed E-state index contributed by atoms with van der Waals surface area (Å²) in [5.41, 5.74) is -0.533. The quantitative estimate of drug-likeness (QED) is 0.355. The zero-order valence-electron chi connectivity index (χ0n) is 27.8. The largest absolute Gasteiger partial charge is 0.446 e. The highest BCUT2D eigenvalue weighted by atomic mass is 19.1. The number of ether oxygens (including phenoxy) is 3. The van der Waals surface area contributed by atoms with Gasteiger partial charge in [-0.2, -0.15) is 9.61 Å². The van der Waals surface area contributed by atoms with E-state index in [0.717, 1.165) is 29.7 Å². The smallest absolute Gasteiger partial charge is 0.416 e. The third-order valence-electron chi connectivity index (χ3n) is 8.10. The van der Waals surface area contributed by atoms with Crippen molar-refractivity contribution in [3.63, 3.8) is 0 Å². The minimum Gasteiger partial charge on any atom is -0.446 e. The summed E-state index contributed by atoms with van der Waals surface area (Å²) in [4.78, 5) is 48.3. The maximum atomic E-state index is 15.1. The summed E-state index contributed by atoms with van der Waals surface area (Å²) in [6, 6.07) is 1.67. The molecule has 0 unspecified atom stereocenters. The minimum atomic E-state index is -1.82. The van der Waals surface area contributed by atoms with Crippen LogP contribution in [0.25, 0.3) is 5.65 Å². The first-order valence-electron chi connectivity index (χ1n) is 15.9. The number of hydrogen-bond donors (Lipinski definition) is 0. The summed E-state index contributed by atoms with van der Waals surface area (Å²) in [7, 11) is 0. The highest BCUT2D eigenvalue weighted by Gasteiger charge is 2.49. The number of hydrogen-bond acceptors (Lipinski definition) is 8. The molecule has 0 spiro atoms. The maximum absolute atomic E-state index is 15.1. The fraction of sp³-hybridized carbons (Fsp3) is 0.719. The molecule has 1 saturated carbocycles. The predicted molar refractivity (Wildman–Crippen MR) is 165 cm³/mol. The van der Waals surface area contributed by atoms with E-state index in [1.54, 1.807) is 30.2 Å². The molecule has 3 amide bonds. The van der Waals surface area contributed by atoms with Crippen LogP contribution in [-0.2, 0) is 14.2 Å². The lowest BCUT2D eigenvalue weighted by atomic mass is 9.98. The third-order valence-corrected chi connectivity index (χ3v) is 8.10. The molecule has 2 aromatic heterocycles. The number of amides is 3. The summed E-state index contributed by atoms with van der Waals surface area (Å²) in [6.07, 6.45) is 3.14. The second-order valence-electron chi connectivity index (χ2n) is 14.9. The highest BCUT2D eigenvalue weighted by Crippen LogP contribution is 2.41. The number of halogens is 1. The second-order valence-corrected chi connectivity index (χ2v) is 14.9. The van der Waals surface area contributed by atoms with Gasteiger partial charge in [0.15, 0.2) is 11.3 Å². The lowest BCUT2D eigenvalue weighted by molar-refractivity contribution is -0.0784. The van der Waals surface area contributed by atoms with Gasteiger partial charge in [0.2, 0.25) is 0 Å². The van der Waals surface area contributed by atoms with E-state index in [9.17, 15) is 14.4 Å². The van der Waals surface area contributed by atoms with Gasteiger partial charge in [0.1, 0.15) is 23.6 Å². The molecule has 4 heterocycles. The Labute approximate surface area is 264 Å². The summed E-state index contributed by atoms with van der Waals surface area (Å²) in [5, 5.41) is 4.65. The number of anilines is 1. The van der Waals surface area contributed by atoms with Crippen molar-refractivity contribution in [2.75, 3.05) is 37.7 Å². The number of aromatic nitrogens is 3. The lowest BCUT2D eigenvalue weighted by Crippen LogP contribution is -2.64. The molecule has 2 saturated heterocycles. The number of likely N-dealkylation sites (tertiary alicyclic amines) is 2. The van der Waals surface area contributed by atoms with E-state index in [-0.39, 0.29) is 25.0 Å². The van der Waals surface area contributed by atoms with E-state index in [2.05, 4.69) is 18.9 Å². The normalized spacial score (nSPS) is 19.0. The van der Waals surface area contributed by atoms with Crippen molar-refractivity contribution in [1.29, 1.82) is 0 Å². The highest BCUT2D eigenvalue weighted by molar-refractivity contribution is 5.88. The van der Waals surface area contributed by atoms with Crippen LogP contribution in [0, 0.1) is 0 Å². The summed E-state index contributed by atoms with van der Waals surface area (Å²) < 4.78 is 33.4. The van der Waals surface area contributed by atoms with Crippen LogP contribution in [-0.4, -0.2) is 98.4 Å². The Morgan fingerprint density at radius 3 is 2.16 bits per heavy atom. The molecule has 12 nitrogen and oxygen atoms in total. The zero-order chi connectivity index (χ0) is 32.9. The molecule has 0 radical (unpaired) electrons. The van der Waals surface area contributed by atoms with Gasteiger partial charge in [0.25, 0.3) is 0 Å². The van der Waals surface area contributed by atoms with Crippen LogP contribution >= 0.6 is 0 Å². The molecule has 3 aliphatic rings. The Morgan fingerprint density at radius 2 is 1.60 bits per heavy atom. The second kappa shape index (κ2) is 11.9. The topological polar surface area (TPSA) is 119 Å². The number of fused-ring (bicyclic) bond motifs is 1. The number of carbonyl (C=O) groups is 3. The Hall–Kier alpha value is -3.64. The molecule has 45 heavy (non-hydrogen) atoms. The van der Waals surface area contributed by atoms with E-state index in [4.69, 9.17) is 19.2 Å². The molecule has 2 aliphatic heterocycles. The number of nitrogens with zero attached hydrogens (tertiary/aromatic N) is 6. The fourth-order valence-corrected chi connectivity index (χ4v) is 5.66. The van der Waals surface area contributed by atoms with E-state index < -0.39 is 41.8 Å². The van der Waals surface area contributed by atoms with Crippen molar-refractivity contribution in [3.8, 4) is 0 Å². The van der Waals surface area contributed by atoms with Crippen molar-refractivity contribution in [2.24, 2.45) is 0 Å². The number of carbonyl (C=O) groups excluding carboxylic acids is 3. The van der Waals surface area contributed by atoms with E-state index in [1.165, 1.54) is 9.80 Å². The SMILES string of the molecule is CC(C)c1cnn2c(N(C(=O)OC(C)(C)C)C3CCN(C(=O)OCC4(F)CN(C(=O)OC(C)(C)C)C4)CC3)cc(C3CC3)nc12. The summed E-state index contributed by atoms with van der Waals surface area (Å²) >= 11 is 0. The summed E-state index contributed by atoms with van der Waals surface area (Å²) in [5.74, 6) is 1.15. The Kier molecular flexibility index (Phi) is 8.69. The van der Waals surface area contributed by atoms with Crippen molar-refractivity contribution in [1.82, 2.24) is 24.4 Å². The first kappa shape index (κ1) is 32.7. The van der Waals surface area contributed by atoms with Crippen molar-refractivity contribution < 1.29 is 33.0 Å². The van der Waals surface area contributed by atoms with Gasteiger partial charge >= 0.3 is 18.3 Å². The maximum Gasteiger partial charge on any atom is 0.416 e. The van der Waals surface area contributed by atoms with Gasteiger partial charge in [-0.1, -0.05) is 13.8 Å².